The first-order valence-electron chi connectivity index (χ1n) is 15.4. The lowest BCUT2D eigenvalue weighted by molar-refractivity contribution is -0.387. The average molecular weight is 755 g/mol. The van der Waals surface area contributed by atoms with Gasteiger partial charge in [-0.1, -0.05) is 71.9 Å². The van der Waals surface area contributed by atoms with Gasteiger partial charge >= 0.3 is 6.09 Å². The highest BCUT2D eigenvalue weighted by Gasteiger charge is 2.23. The van der Waals surface area contributed by atoms with Gasteiger partial charge in [0, 0.05) is 35.6 Å². The van der Waals surface area contributed by atoms with E-state index in [1.54, 1.807) is 66.7 Å². The van der Waals surface area contributed by atoms with Crippen LogP contribution in [-0.4, -0.2) is 50.0 Å². The summed E-state index contributed by atoms with van der Waals surface area (Å²) < 4.78 is 6.59. The number of hydrazone groups is 1. The summed E-state index contributed by atoms with van der Waals surface area (Å²) in [5.74, 6) is -1.00. The van der Waals surface area contributed by atoms with Crippen molar-refractivity contribution in [2.24, 2.45) is 5.10 Å². The van der Waals surface area contributed by atoms with Crippen molar-refractivity contribution >= 4 is 80.4 Å². The van der Waals surface area contributed by atoms with E-state index in [4.69, 9.17) is 16.3 Å². The van der Waals surface area contributed by atoms with Crippen LogP contribution in [0.5, 0.6) is 0 Å². The summed E-state index contributed by atoms with van der Waals surface area (Å²) in [6, 6.07) is 24.5. The number of nitro groups is 1. The van der Waals surface area contributed by atoms with Crippen molar-refractivity contribution in [3.8, 4) is 0 Å². The molecule has 2 aromatic heterocycles. The topological polar surface area (TPSA) is 194 Å². The van der Waals surface area contributed by atoms with Crippen LogP contribution in [0.15, 0.2) is 118 Å². The highest BCUT2D eigenvalue weighted by atomic mass is 35.5. The van der Waals surface area contributed by atoms with Gasteiger partial charge in [0.05, 0.1) is 43.2 Å². The van der Waals surface area contributed by atoms with Gasteiger partial charge in [-0.3, -0.25) is 19.7 Å². The maximum atomic E-state index is 13.1. The minimum Gasteiger partial charge on any atom is -0.445 e. The first kappa shape index (κ1) is 35.7. The van der Waals surface area contributed by atoms with Gasteiger partial charge < -0.3 is 20.4 Å². The van der Waals surface area contributed by atoms with Gasteiger partial charge in [0.2, 0.25) is 0 Å². The van der Waals surface area contributed by atoms with Crippen LogP contribution in [0.25, 0.3) is 10.2 Å². The molecule has 6 aromatic rings. The Morgan fingerprint density at radius 2 is 1.87 bits per heavy atom. The van der Waals surface area contributed by atoms with Gasteiger partial charge in [-0.25, -0.2) is 20.2 Å². The van der Waals surface area contributed by atoms with Crippen LogP contribution in [-0.2, 0) is 22.6 Å². The Kier molecular flexibility index (Phi) is 11.5. The molecule has 0 saturated heterocycles. The minimum absolute atomic E-state index is 0.0150. The van der Waals surface area contributed by atoms with E-state index in [2.05, 4.69) is 36.1 Å². The van der Waals surface area contributed by atoms with E-state index >= 15 is 0 Å². The monoisotopic (exact) mass is 754 g/mol. The Bertz CT molecular complexity index is 2270. The van der Waals surface area contributed by atoms with Crippen molar-refractivity contribution in [3.05, 3.63) is 141 Å². The molecule has 0 bridgehead atoms. The lowest BCUT2D eigenvalue weighted by atomic mass is 10.1. The number of aromatic nitrogens is 3. The fourth-order valence-corrected chi connectivity index (χ4v) is 7.16. The molecule has 4 N–H and O–H groups in total. The molecule has 0 saturated carbocycles. The van der Waals surface area contributed by atoms with Crippen LogP contribution < -0.4 is 16.1 Å². The second kappa shape index (κ2) is 16.7. The summed E-state index contributed by atoms with van der Waals surface area (Å²) in [6.07, 6.45) is 3.50. The number of halogens is 1. The zero-order valence-electron chi connectivity index (χ0n) is 26.8. The lowest BCUT2D eigenvalue weighted by Crippen LogP contribution is -2.47. The number of amides is 3. The number of imidazole rings is 1. The molecule has 0 radical (unpaired) electrons. The molecule has 6 rings (SSSR count). The number of carbonyl (C=O) groups is 3. The number of nitrogens with one attached hydrogen (secondary N) is 4. The molecule has 262 valence electrons. The number of H-pyrrole nitrogens is 1. The molecular weight excluding hydrogens is 728 g/mol. The van der Waals surface area contributed by atoms with Crippen molar-refractivity contribution in [1.29, 1.82) is 0 Å². The summed E-state index contributed by atoms with van der Waals surface area (Å²) >= 11 is 8.59. The maximum absolute atomic E-state index is 13.1. The zero-order chi connectivity index (χ0) is 36.5. The number of fused-ring (bicyclic) bond motifs is 1. The normalized spacial score (nSPS) is 11.6. The predicted molar refractivity (Wildman–Crippen MR) is 198 cm³/mol. The number of nitrogens with zero attached hydrogens (tertiary/aromatic N) is 4. The summed E-state index contributed by atoms with van der Waals surface area (Å²) in [7, 11) is 0. The average Bonchev–Trinajstić information content (AvgIpc) is 3.81. The second-order valence-corrected chi connectivity index (χ2v) is 13.7. The van der Waals surface area contributed by atoms with Gasteiger partial charge in [0.15, 0.2) is 4.34 Å². The summed E-state index contributed by atoms with van der Waals surface area (Å²) in [5.41, 5.74) is 5.46. The maximum Gasteiger partial charge on any atom is 0.408 e. The molecule has 0 aliphatic heterocycles. The van der Waals surface area contributed by atoms with E-state index < -0.39 is 23.0 Å². The van der Waals surface area contributed by atoms with Gasteiger partial charge in [0.1, 0.15) is 12.6 Å². The smallest absolute Gasteiger partial charge is 0.408 e. The largest absolute Gasteiger partial charge is 0.445 e. The van der Waals surface area contributed by atoms with Crippen LogP contribution in [0, 0.1) is 10.1 Å². The first-order chi connectivity index (χ1) is 25.2. The molecule has 0 unspecified atom stereocenters. The number of carbonyl (C=O) groups excluding carboxylic acids is 3. The van der Waals surface area contributed by atoms with Crippen LogP contribution in [0.3, 0.4) is 0 Å². The van der Waals surface area contributed by atoms with Gasteiger partial charge in [0.25, 0.3) is 17.5 Å². The van der Waals surface area contributed by atoms with Gasteiger partial charge in [-0.15, -0.1) is 11.3 Å². The first-order valence-corrected chi connectivity index (χ1v) is 17.4. The second-order valence-electron chi connectivity index (χ2n) is 11.0. The van der Waals surface area contributed by atoms with Crippen LogP contribution >= 0.6 is 34.7 Å². The molecule has 4 aromatic carbocycles. The van der Waals surface area contributed by atoms with E-state index in [1.807, 2.05) is 18.2 Å². The van der Waals surface area contributed by atoms with Crippen LogP contribution in [0.1, 0.15) is 27.2 Å². The Labute approximate surface area is 308 Å². The number of hydrogen-bond acceptors (Lipinski definition) is 11. The van der Waals surface area contributed by atoms with Crippen molar-refractivity contribution < 1.29 is 24.0 Å². The SMILES string of the molecule is O=C(N[C@@H](Cc1cnc[nH]1)C(=O)N/N=C\c1ccc(Sc2nc3ccc(NC(=O)c4ccccc4Cl)cc3s2)c([N+](=O)[O-])c1)OCc1ccccc1. The van der Waals surface area contributed by atoms with Crippen molar-refractivity contribution in [3.63, 3.8) is 0 Å². The van der Waals surface area contributed by atoms with E-state index in [0.29, 0.717) is 42.3 Å². The molecule has 2 heterocycles. The Hall–Kier alpha value is -6.10. The Balaban J connectivity index is 1.10. The fraction of sp³-hybridized carbons (Fsp3) is 0.0857. The summed E-state index contributed by atoms with van der Waals surface area (Å²) in [4.78, 5) is 61.6. The van der Waals surface area contributed by atoms with E-state index in [1.165, 1.54) is 36.1 Å². The zero-order valence-corrected chi connectivity index (χ0v) is 29.2. The third kappa shape index (κ3) is 9.36. The third-order valence-electron chi connectivity index (χ3n) is 7.31. The van der Waals surface area contributed by atoms with Crippen molar-refractivity contribution in [2.45, 2.75) is 28.3 Å². The molecule has 17 heteroatoms. The number of hydrogen-bond donors (Lipinski definition) is 4. The predicted octanol–water partition coefficient (Wildman–Crippen LogP) is 6.97. The molecular formula is C35H27ClN8O6S2. The fourth-order valence-electron chi connectivity index (χ4n) is 4.79. The standard InChI is InChI=1S/C35H27ClN8O6S2/c36-26-9-5-4-8-25(26)32(45)40-23-11-12-27-31(16-23)52-35(42-27)51-30-13-10-22(14-29(30)44(48)49)17-39-43-33(46)28(15-24-18-37-20-38-24)41-34(47)50-19-21-6-2-1-3-7-21/h1-14,16-18,20,28H,15,19H2,(H,37,38)(H,40,45)(H,41,47)(H,43,46)/b39-17-/t28-/m0/s1. The summed E-state index contributed by atoms with van der Waals surface area (Å²) in [6.45, 7) is 0.0150. The quantitative estimate of drug-likeness (QED) is 0.0547. The highest BCUT2D eigenvalue weighted by molar-refractivity contribution is 8.01. The molecule has 1 atom stereocenters. The number of thiazole rings is 1. The number of benzene rings is 4. The van der Waals surface area contributed by atoms with Gasteiger partial charge in [-0.05, 0) is 42.0 Å². The molecule has 0 spiro atoms. The number of ether oxygens (including phenoxy) is 1. The number of nitro benzene ring substituents is 1. The van der Waals surface area contributed by atoms with E-state index in [9.17, 15) is 24.5 Å². The van der Waals surface area contributed by atoms with Crippen molar-refractivity contribution in [2.75, 3.05) is 5.32 Å². The Morgan fingerprint density at radius 1 is 1.06 bits per heavy atom. The van der Waals surface area contributed by atoms with Crippen LogP contribution in [0.2, 0.25) is 5.02 Å². The number of aromatic amines is 1. The van der Waals surface area contributed by atoms with E-state index in [0.717, 1.165) is 22.0 Å². The Morgan fingerprint density at radius 3 is 2.63 bits per heavy atom. The molecule has 0 aliphatic carbocycles. The summed E-state index contributed by atoms with van der Waals surface area (Å²) in [5, 5.41) is 21.7. The molecule has 0 aliphatic rings. The lowest BCUT2D eigenvalue weighted by Gasteiger charge is -2.16. The molecule has 0 fully saturated rings. The minimum atomic E-state index is -1.07. The molecule has 14 nitrogen and oxygen atoms in total. The molecule has 52 heavy (non-hydrogen) atoms. The van der Waals surface area contributed by atoms with Crippen LogP contribution in [0.4, 0.5) is 16.2 Å². The number of anilines is 1. The van der Waals surface area contributed by atoms with Crippen molar-refractivity contribution in [1.82, 2.24) is 25.7 Å². The van der Waals surface area contributed by atoms with E-state index in [-0.39, 0.29) is 24.6 Å². The third-order valence-corrected chi connectivity index (χ3v) is 9.78. The number of rotatable bonds is 13. The number of alkyl carbamates (subject to hydrolysis) is 1. The molecule has 3 amide bonds. The highest BCUT2D eigenvalue weighted by Crippen LogP contribution is 2.39. The van der Waals surface area contributed by atoms with Gasteiger partial charge in [-0.2, -0.15) is 5.10 Å².